The van der Waals surface area contributed by atoms with Gasteiger partial charge in [0.15, 0.2) is 0 Å². The van der Waals surface area contributed by atoms with E-state index in [4.69, 9.17) is 4.74 Å². The van der Waals surface area contributed by atoms with E-state index in [-0.39, 0.29) is 5.91 Å². The zero-order valence-corrected chi connectivity index (χ0v) is 8.49. The van der Waals surface area contributed by atoms with Crippen LogP contribution in [0.15, 0.2) is 30.2 Å². The number of aryl methyl sites for hydroxylation is 1. The maximum atomic E-state index is 11.6. The fourth-order valence-corrected chi connectivity index (χ4v) is 1.36. The van der Waals surface area contributed by atoms with Crippen LogP contribution in [0.2, 0.25) is 0 Å². The molecule has 0 spiro atoms. The third-order valence-corrected chi connectivity index (χ3v) is 2.16. The van der Waals surface area contributed by atoms with Crippen LogP contribution in [-0.4, -0.2) is 17.5 Å². The molecule has 1 aliphatic heterocycles. The second-order valence-electron chi connectivity index (χ2n) is 3.44. The van der Waals surface area contributed by atoms with E-state index in [0.29, 0.717) is 24.4 Å². The number of carbonyl (C=O) groups excluding carboxylic acids is 1. The molecule has 0 fully saturated rings. The van der Waals surface area contributed by atoms with Gasteiger partial charge in [-0.05, 0) is 24.6 Å². The molecule has 0 saturated heterocycles. The number of aromatic nitrogens is 1. The van der Waals surface area contributed by atoms with Gasteiger partial charge in [-0.1, -0.05) is 0 Å². The molecule has 0 radical (unpaired) electrons. The van der Waals surface area contributed by atoms with Crippen molar-refractivity contribution in [3.05, 3.63) is 35.7 Å². The van der Waals surface area contributed by atoms with E-state index in [2.05, 4.69) is 10.3 Å². The number of rotatable bonds is 2. The third-order valence-electron chi connectivity index (χ3n) is 2.16. The number of nitrogens with one attached hydrogen (secondary N) is 1. The Morgan fingerprint density at radius 1 is 1.60 bits per heavy atom. The number of anilines is 1. The summed E-state index contributed by atoms with van der Waals surface area (Å²) in [6, 6.07) is 3.71. The quantitative estimate of drug-likeness (QED) is 0.796. The highest BCUT2D eigenvalue weighted by Crippen LogP contribution is 2.13. The Labute approximate surface area is 88.0 Å². The summed E-state index contributed by atoms with van der Waals surface area (Å²) in [6.07, 6.45) is 3.84. The molecule has 1 aliphatic rings. The van der Waals surface area contributed by atoms with Crippen molar-refractivity contribution in [3.63, 3.8) is 0 Å². The van der Waals surface area contributed by atoms with Gasteiger partial charge in [0.2, 0.25) is 0 Å². The van der Waals surface area contributed by atoms with E-state index in [1.54, 1.807) is 6.20 Å². The van der Waals surface area contributed by atoms with Crippen LogP contribution >= 0.6 is 0 Å². The van der Waals surface area contributed by atoms with Crippen molar-refractivity contribution in [2.75, 3.05) is 11.9 Å². The van der Waals surface area contributed by atoms with Gasteiger partial charge >= 0.3 is 0 Å². The molecule has 4 heteroatoms. The minimum Gasteiger partial charge on any atom is -0.500 e. The molecule has 4 nitrogen and oxygen atoms in total. The highest BCUT2D eigenvalue weighted by atomic mass is 16.5. The largest absolute Gasteiger partial charge is 0.500 e. The molecule has 78 valence electrons. The first-order valence-corrected chi connectivity index (χ1v) is 4.80. The molecule has 0 atom stereocenters. The van der Waals surface area contributed by atoms with Gasteiger partial charge in [-0.2, -0.15) is 0 Å². The summed E-state index contributed by atoms with van der Waals surface area (Å²) < 4.78 is 5.00. The fraction of sp³-hybridized carbons (Fsp3) is 0.273. The normalized spacial score (nSPS) is 14.3. The number of amides is 1. The van der Waals surface area contributed by atoms with Gasteiger partial charge in [-0.25, -0.2) is 4.98 Å². The van der Waals surface area contributed by atoms with Crippen LogP contribution in [0.5, 0.6) is 0 Å². The lowest BCUT2D eigenvalue weighted by Crippen LogP contribution is -2.14. The monoisotopic (exact) mass is 204 g/mol. The van der Waals surface area contributed by atoms with E-state index >= 15 is 0 Å². The topological polar surface area (TPSA) is 51.2 Å². The maximum absolute atomic E-state index is 11.6. The molecule has 1 aromatic heterocycles. The van der Waals surface area contributed by atoms with Crippen LogP contribution < -0.4 is 5.32 Å². The van der Waals surface area contributed by atoms with Crippen molar-refractivity contribution in [1.29, 1.82) is 0 Å². The minimum absolute atomic E-state index is 0.134. The molecular formula is C11H12N2O2. The molecule has 2 heterocycles. The summed E-state index contributed by atoms with van der Waals surface area (Å²) in [5, 5.41) is 2.73. The number of hydrogen-bond acceptors (Lipinski definition) is 3. The molecule has 0 aromatic carbocycles. The summed E-state index contributed by atoms with van der Waals surface area (Å²) in [6.45, 7) is 2.54. The van der Waals surface area contributed by atoms with E-state index in [0.717, 1.165) is 5.56 Å². The van der Waals surface area contributed by atoms with Crippen molar-refractivity contribution in [1.82, 2.24) is 4.98 Å². The summed E-state index contributed by atoms with van der Waals surface area (Å²) in [7, 11) is 0. The van der Waals surface area contributed by atoms with Gasteiger partial charge < -0.3 is 10.1 Å². The van der Waals surface area contributed by atoms with Gasteiger partial charge in [0, 0.05) is 12.6 Å². The first-order chi connectivity index (χ1) is 7.25. The first-order valence-electron chi connectivity index (χ1n) is 4.80. The molecule has 0 unspecified atom stereocenters. The van der Waals surface area contributed by atoms with Gasteiger partial charge in [-0.15, -0.1) is 0 Å². The van der Waals surface area contributed by atoms with Crippen LogP contribution in [-0.2, 0) is 9.53 Å². The van der Waals surface area contributed by atoms with Crippen LogP contribution in [0.4, 0.5) is 5.82 Å². The average Bonchev–Trinajstić information content (AvgIpc) is 2.70. The second kappa shape index (κ2) is 4.13. The van der Waals surface area contributed by atoms with Crippen LogP contribution in [0, 0.1) is 6.92 Å². The lowest BCUT2D eigenvalue weighted by atomic mass is 10.2. The Morgan fingerprint density at radius 2 is 2.47 bits per heavy atom. The minimum atomic E-state index is -0.134. The molecular weight excluding hydrogens is 192 g/mol. The Kier molecular flexibility index (Phi) is 2.67. The van der Waals surface area contributed by atoms with Crippen molar-refractivity contribution in [2.45, 2.75) is 13.3 Å². The van der Waals surface area contributed by atoms with Crippen molar-refractivity contribution in [2.24, 2.45) is 0 Å². The third kappa shape index (κ3) is 2.34. The highest BCUT2D eigenvalue weighted by molar-refractivity contribution is 6.03. The summed E-state index contributed by atoms with van der Waals surface area (Å²) in [4.78, 5) is 15.7. The molecule has 1 aromatic rings. The number of pyridine rings is 1. The van der Waals surface area contributed by atoms with E-state index in [9.17, 15) is 4.79 Å². The zero-order chi connectivity index (χ0) is 10.7. The lowest BCUT2D eigenvalue weighted by molar-refractivity contribution is -0.112. The molecule has 0 aliphatic carbocycles. The number of nitrogens with zero attached hydrogens (tertiary/aromatic N) is 1. The first kappa shape index (κ1) is 9.71. The Balaban J connectivity index is 2.05. The summed E-state index contributed by atoms with van der Waals surface area (Å²) in [5.74, 6) is 0.443. The molecule has 1 amide bonds. The van der Waals surface area contributed by atoms with Crippen LogP contribution in [0.3, 0.4) is 0 Å². The number of carbonyl (C=O) groups is 1. The number of ether oxygens (including phenoxy) is 1. The predicted octanol–water partition coefficient (Wildman–Crippen LogP) is 1.63. The molecule has 15 heavy (non-hydrogen) atoms. The predicted molar refractivity (Wildman–Crippen MR) is 56.3 cm³/mol. The molecule has 0 bridgehead atoms. The van der Waals surface area contributed by atoms with E-state index in [1.165, 1.54) is 6.26 Å². The van der Waals surface area contributed by atoms with Crippen molar-refractivity contribution < 1.29 is 9.53 Å². The average molecular weight is 204 g/mol. The van der Waals surface area contributed by atoms with Crippen molar-refractivity contribution in [3.8, 4) is 0 Å². The van der Waals surface area contributed by atoms with Gasteiger partial charge in [0.1, 0.15) is 5.82 Å². The Bertz CT molecular complexity index is 413. The van der Waals surface area contributed by atoms with Crippen LogP contribution in [0.1, 0.15) is 12.0 Å². The van der Waals surface area contributed by atoms with E-state index < -0.39 is 0 Å². The fourth-order valence-electron chi connectivity index (χ4n) is 1.36. The molecule has 0 saturated carbocycles. The van der Waals surface area contributed by atoms with Crippen molar-refractivity contribution >= 4 is 11.7 Å². The van der Waals surface area contributed by atoms with Crippen LogP contribution in [0.25, 0.3) is 0 Å². The number of hydrogen-bond donors (Lipinski definition) is 1. The standard InChI is InChI=1S/C11H12N2O2/c1-8-2-4-12-10(6-8)13-11(14)9-3-5-15-7-9/h2,4,6-7H,3,5H2,1H3,(H,12,13,14). The maximum Gasteiger partial charge on any atom is 0.255 e. The molecule has 2 rings (SSSR count). The summed E-state index contributed by atoms with van der Waals surface area (Å²) >= 11 is 0. The second-order valence-corrected chi connectivity index (χ2v) is 3.44. The summed E-state index contributed by atoms with van der Waals surface area (Å²) in [5.41, 5.74) is 1.73. The lowest BCUT2D eigenvalue weighted by Gasteiger charge is -2.03. The van der Waals surface area contributed by atoms with E-state index in [1.807, 2.05) is 19.1 Å². The van der Waals surface area contributed by atoms with Gasteiger partial charge in [0.25, 0.3) is 5.91 Å². The SMILES string of the molecule is Cc1ccnc(NC(=O)C2=COCC2)c1. The Morgan fingerprint density at radius 3 is 3.13 bits per heavy atom. The Hall–Kier alpha value is -1.84. The zero-order valence-electron chi connectivity index (χ0n) is 8.49. The molecule has 1 N–H and O–H groups in total. The van der Waals surface area contributed by atoms with Gasteiger partial charge in [-0.3, -0.25) is 4.79 Å². The smallest absolute Gasteiger partial charge is 0.255 e. The highest BCUT2D eigenvalue weighted by Gasteiger charge is 2.14. The van der Waals surface area contributed by atoms with Gasteiger partial charge in [0.05, 0.1) is 18.4 Å².